The van der Waals surface area contributed by atoms with E-state index in [2.05, 4.69) is 169 Å². The van der Waals surface area contributed by atoms with Crippen molar-refractivity contribution in [3.63, 3.8) is 0 Å². The molecule has 0 bridgehead atoms. The lowest BCUT2D eigenvalue weighted by Gasteiger charge is -2.32. The fourth-order valence-corrected chi connectivity index (χ4v) is 9.47. The third-order valence-corrected chi connectivity index (χ3v) is 11.7. The molecule has 0 radical (unpaired) electrons. The first-order valence-electron chi connectivity index (χ1n) is 17.3. The number of nitrogens with zero attached hydrogens (tertiary/aromatic N) is 2. The molecule has 0 fully saturated rings. The van der Waals surface area contributed by atoms with Gasteiger partial charge >= 0.3 is 0 Å². The van der Waals surface area contributed by atoms with Gasteiger partial charge in [0.05, 0.1) is 17.1 Å². The van der Waals surface area contributed by atoms with Crippen LogP contribution in [-0.2, 0) is 0 Å². The van der Waals surface area contributed by atoms with Gasteiger partial charge in [-0.1, -0.05) is 123 Å². The molecule has 1 aliphatic heterocycles. The largest absolute Gasteiger partial charge is 0.333 e. The summed E-state index contributed by atoms with van der Waals surface area (Å²) in [7, 11) is 0. The topological polar surface area (TPSA) is 8.17 Å². The average molecular weight is 607 g/mol. The van der Waals surface area contributed by atoms with Crippen LogP contribution < -0.4 is 4.90 Å². The van der Waals surface area contributed by atoms with Crippen LogP contribution in [0.4, 0.5) is 11.4 Å². The molecule has 47 heavy (non-hydrogen) atoms. The Morgan fingerprint density at radius 2 is 1.49 bits per heavy atom. The Bertz CT molecular complexity index is 2300. The van der Waals surface area contributed by atoms with Crippen LogP contribution in [0.3, 0.4) is 0 Å². The van der Waals surface area contributed by atoms with Crippen molar-refractivity contribution in [2.75, 3.05) is 4.90 Å². The number of allylic oxidation sites excluding steroid dienone is 10. The number of anilines is 2. The van der Waals surface area contributed by atoms with Gasteiger partial charge in [-0.05, 0) is 88.9 Å². The summed E-state index contributed by atoms with van der Waals surface area (Å²) >= 11 is 0. The number of hydrogen-bond acceptors (Lipinski definition) is 1. The molecule has 4 aromatic carbocycles. The van der Waals surface area contributed by atoms with Crippen LogP contribution in [0.2, 0.25) is 0 Å². The normalized spacial score (nSPS) is 24.9. The highest BCUT2D eigenvalue weighted by Crippen LogP contribution is 2.57. The van der Waals surface area contributed by atoms with Crippen LogP contribution in [0.15, 0.2) is 157 Å². The number of fused-ring (bicyclic) bond motifs is 8. The highest BCUT2D eigenvalue weighted by molar-refractivity contribution is 6.11. The van der Waals surface area contributed by atoms with Crippen molar-refractivity contribution in [1.82, 2.24) is 4.57 Å². The monoisotopic (exact) mass is 606 g/mol. The molecule has 0 saturated heterocycles. The molecule has 4 unspecified atom stereocenters. The van der Waals surface area contributed by atoms with Gasteiger partial charge in [0.25, 0.3) is 0 Å². The number of aromatic nitrogens is 1. The van der Waals surface area contributed by atoms with E-state index < -0.39 is 0 Å². The van der Waals surface area contributed by atoms with Crippen LogP contribution in [0.1, 0.15) is 38.2 Å². The van der Waals surface area contributed by atoms with Crippen molar-refractivity contribution in [2.24, 2.45) is 17.3 Å². The van der Waals surface area contributed by atoms with E-state index in [1.165, 1.54) is 68.4 Å². The van der Waals surface area contributed by atoms with E-state index in [-0.39, 0.29) is 5.41 Å². The molecule has 4 aliphatic carbocycles. The van der Waals surface area contributed by atoms with E-state index >= 15 is 0 Å². The molecular weight excluding hydrogens is 569 g/mol. The number of rotatable bonds is 3. The zero-order chi connectivity index (χ0) is 31.3. The van der Waals surface area contributed by atoms with Gasteiger partial charge in [-0.3, -0.25) is 0 Å². The minimum atomic E-state index is 0.128. The molecule has 2 nitrogen and oxygen atoms in total. The molecule has 4 atom stereocenters. The van der Waals surface area contributed by atoms with Crippen LogP contribution in [-0.4, -0.2) is 10.6 Å². The molecule has 1 aromatic heterocycles. The zero-order valence-corrected chi connectivity index (χ0v) is 27.0. The third-order valence-electron chi connectivity index (χ3n) is 11.7. The van der Waals surface area contributed by atoms with E-state index in [1.54, 1.807) is 11.1 Å². The van der Waals surface area contributed by atoms with Crippen LogP contribution >= 0.6 is 0 Å². The van der Waals surface area contributed by atoms with Crippen LogP contribution in [0.25, 0.3) is 38.6 Å². The second-order valence-corrected chi connectivity index (χ2v) is 14.5. The molecule has 5 aromatic rings. The first-order chi connectivity index (χ1) is 23.1. The average Bonchev–Trinajstić information content (AvgIpc) is 3.71. The Balaban J connectivity index is 1.09. The van der Waals surface area contributed by atoms with E-state index in [9.17, 15) is 0 Å². The summed E-state index contributed by atoms with van der Waals surface area (Å²) in [6, 6.07) is 34.3. The van der Waals surface area contributed by atoms with Gasteiger partial charge in [-0.2, -0.15) is 0 Å². The fraction of sp³-hybridized carbons (Fsp3) is 0.200. The van der Waals surface area contributed by atoms with Crippen molar-refractivity contribution in [3.8, 4) is 11.1 Å². The molecule has 10 rings (SSSR count). The van der Waals surface area contributed by atoms with Gasteiger partial charge in [0.1, 0.15) is 0 Å². The molecule has 0 N–H and O–H groups in total. The Morgan fingerprint density at radius 1 is 0.702 bits per heavy atom. The van der Waals surface area contributed by atoms with Crippen molar-refractivity contribution >= 4 is 38.9 Å². The summed E-state index contributed by atoms with van der Waals surface area (Å²) < 4.78 is 2.51. The highest BCUT2D eigenvalue weighted by Gasteiger charge is 2.46. The van der Waals surface area contributed by atoms with Crippen LogP contribution in [0.5, 0.6) is 0 Å². The van der Waals surface area contributed by atoms with Crippen molar-refractivity contribution in [3.05, 3.63) is 162 Å². The number of hydrogen-bond donors (Lipinski definition) is 0. The maximum atomic E-state index is 2.58. The molecule has 0 amide bonds. The summed E-state index contributed by atoms with van der Waals surface area (Å²) in [4.78, 5) is 2.52. The molecule has 228 valence electrons. The predicted octanol–water partition coefficient (Wildman–Crippen LogP) is 11.5. The van der Waals surface area contributed by atoms with E-state index in [0.717, 1.165) is 0 Å². The second-order valence-electron chi connectivity index (χ2n) is 14.5. The first kappa shape index (κ1) is 27.1. The molecular formula is C45H38N2. The van der Waals surface area contributed by atoms with Gasteiger partial charge in [0.15, 0.2) is 0 Å². The first-order valence-corrected chi connectivity index (χ1v) is 17.3. The standard InChI is InChI=1S/C45H38N2/c1-45(2)39-17-9-6-14-33(39)34-24-22-32(28-40(34)45)47-42-19-11-8-16-36(42)38-26-29(21-25-43(38)47)30-20-23-37-35-15-7-10-18-41(35)46(44(37)27-30)31-12-4-3-5-13-31/h3-5,7-13,15-28,34-35,40-41H,6,14H2,1-2H3. The van der Waals surface area contributed by atoms with E-state index in [1.807, 2.05) is 0 Å². The maximum absolute atomic E-state index is 2.58. The van der Waals surface area contributed by atoms with Crippen LogP contribution in [0, 0.1) is 17.3 Å². The van der Waals surface area contributed by atoms with Gasteiger partial charge in [-0.15, -0.1) is 0 Å². The smallest absolute Gasteiger partial charge is 0.0629 e. The Morgan fingerprint density at radius 3 is 2.40 bits per heavy atom. The SMILES string of the molecule is CC1(C)C2=C(CCC=C2)C2C=CC(n3c4ccccc4c4cc(-c5ccc6c(c5)N(c5ccccc5)C5C=CC=CC65)ccc43)=CC21. The van der Waals surface area contributed by atoms with Gasteiger partial charge in [0, 0.05) is 39.7 Å². The summed E-state index contributed by atoms with van der Waals surface area (Å²) in [5.41, 5.74) is 13.7. The van der Waals surface area contributed by atoms with Crippen molar-refractivity contribution in [2.45, 2.75) is 38.6 Å². The van der Waals surface area contributed by atoms with Gasteiger partial charge in [0.2, 0.25) is 0 Å². The lowest BCUT2D eigenvalue weighted by Crippen LogP contribution is -2.28. The summed E-state index contributed by atoms with van der Waals surface area (Å²) in [6.07, 6.45) is 23.7. The Kier molecular flexibility index (Phi) is 5.74. The lowest BCUT2D eigenvalue weighted by molar-refractivity contribution is 0.320. The van der Waals surface area contributed by atoms with E-state index in [4.69, 9.17) is 0 Å². The third kappa shape index (κ3) is 3.85. The minimum absolute atomic E-state index is 0.128. The second kappa shape index (κ2) is 9.96. The van der Waals surface area contributed by atoms with Gasteiger partial charge in [-0.25, -0.2) is 0 Å². The van der Waals surface area contributed by atoms with Crippen molar-refractivity contribution < 1.29 is 0 Å². The number of benzene rings is 4. The predicted molar refractivity (Wildman–Crippen MR) is 198 cm³/mol. The van der Waals surface area contributed by atoms with Gasteiger partial charge < -0.3 is 9.47 Å². The Labute approximate surface area is 277 Å². The zero-order valence-electron chi connectivity index (χ0n) is 27.0. The molecule has 2 heteroatoms. The fourth-order valence-electron chi connectivity index (χ4n) is 9.47. The molecule has 5 aliphatic rings. The summed E-state index contributed by atoms with van der Waals surface area (Å²) in [5, 5.41) is 2.61. The van der Waals surface area contributed by atoms with E-state index in [0.29, 0.717) is 23.8 Å². The minimum Gasteiger partial charge on any atom is -0.333 e. The highest BCUT2D eigenvalue weighted by atomic mass is 15.2. The summed E-state index contributed by atoms with van der Waals surface area (Å²) in [6.45, 7) is 4.90. The quantitative estimate of drug-likeness (QED) is 0.198. The summed E-state index contributed by atoms with van der Waals surface area (Å²) in [5.74, 6) is 1.35. The Hall–Kier alpha value is -5.08. The molecule has 2 heterocycles. The molecule has 0 spiro atoms. The molecule has 0 saturated carbocycles. The lowest BCUT2D eigenvalue weighted by atomic mass is 9.72. The number of para-hydroxylation sites is 2. The van der Waals surface area contributed by atoms with Crippen molar-refractivity contribution in [1.29, 1.82) is 0 Å². The maximum Gasteiger partial charge on any atom is 0.0629 e.